The first-order chi connectivity index (χ1) is 9.74. The molecule has 0 saturated heterocycles. The molecule has 9 nitrogen and oxygen atoms in total. The first-order valence-corrected chi connectivity index (χ1v) is 7.40. The molecule has 0 atom stereocenters. The van der Waals surface area contributed by atoms with E-state index in [0.717, 1.165) is 18.2 Å². The van der Waals surface area contributed by atoms with E-state index in [1.54, 1.807) is 0 Å². The second-order valence-electron chi connectivity index (χ2n) is 3.79. The Morgan fingerprint density at radius 2 is 2.14 bits per heavy atom. The van der Waals surface area contributed by atoms with E-state index in [-0.39, 0.29) is 24.8 Å². The van der Waals surface area contributed by atoms with Crippen molar-refractivity contribution in [3.05, 3.63) is 33.3 Å². The third kappa shape index (κ3) is 5.27. The molecule has 0 radical (unpaired) electrons. The van der Waals surface area contributed by atoms with Gasteiger partial charge in [-0.3, -0.25) is 14.9 Å². The van der Waals surface area contributed by atoms with Crippen molar-refractivity contribution in [2.45, 2.75) is 4.90 Å². The summed E-state index contributed by atoms with van der Waals surface area (Å²) in [6.45, 7) is -0.567. The predicted molar refractivity (Wildman–Crippen MR) is 73.3 cm³/mol. The Morgan fingerprint density at radius 3 is 2.71 bits per heavy atom. The number of ether oxygens (including phenoxy) is 1. The molecule has 0 aliphatic heterocycles. The Hall–Kier alpha value is -1.75. The summed E-state index contributed by atoms with van der Waals surface area (Å²) >= 11 is 5.73. The van der Waals surface area contributed by atoms with Gasteiger partial charge in [0.1, 0.15) is 11.5 Å². The van der Waals surface area contributed by atoms with Crippen LogP contribution in [0.25, 0.3) is 0 Å². The van der Waals surface area contributed by atoms with Crippen molar-refractivity contribution in [1.29, 1.82) is 0 Å². The van der Waals surface area contributed by atoms with E-state index in [0.29, 0.717) is 0 Å². The summed E-state index contributed by atoms with van der Waals surface area (Å²) in [5.41, 5.74) is 4.43. The maximum atomic E-state index is 12.0. The number of nitro benzene ring substituents is 1. The summed E-state index contributed by atoms with van der Waals surface area (Å²) < 4.78 is 30.8. The fraction of sp³-hybridized carbons (Fsp3) is 0.300. The molecule has 116 valence electrons. The number of carbonyl (C=O) groups excluding carboxylic acids is 1. The molecule has 0 bridgehead atoms. The highest BCUT2D eigenvalue weighted by atomic mass is 35.5. The van der Waals surface area contributed by atoms with E-state index in [1.807, 2.05) is 0 Å². The monoisotopic (exact) mass is 337 g/mol. The zero-order valence-electron chi connectivity index (χ0n) is 10.6. The van der Waals surface area contributed by atoms with Gasteiger partial charge in [0.2, 0.25) is 15.9 Å². The quantitative estimate of drug-likeness (QED) is 0.389. The molecule has 0 spiro atoms. The number of rotatable bonds is 8. The van der Waals surface area contributed by atoms with Gasteiger partial charge >= 0.3 is 0 Å². The van der Waals surface area contributed by atoms with Crippen molar-refractivity contribution in [1.82, 2.24) is 4.72 Å². The van der Waals surface area contributed by atoms with Crippen LogP contribution in [0.4, 0.5) is 5.69 Å². The average molecular weight is 338 g/mol. The van der Waals surface area contributed by atoms with Gasteiger partial charge in [-0.2, -0.15) is 0 Å². The number of hydrogen-bond acceptors (Lipinski definition) is 6. The Morgan fingerprint density at radius 1 is 1.48 bits per heavy atom. The minimum absolute atomic E-state index is 0.0886. The molecule has 0 unspecified atom stereocenters. The van der Waals surface area contributed by atoms with Gasteiger partial charge in [-0.15, -0.1) is 0 Å². The molecule has 0 fully saturated rings. The Labute approximate surface area is 125 Å². The molecule has 1 aromatic carbocycles. The Balaban J connectivity index is 2.76. The highest BCUT2D eigenvalue weighted by Crippen LogP contribution is 2.25. The molecule has 0 heterocycles. The van der Waals surface area contributed by atoms with Crippen LogP contribution in [0.5, 0.6) is 0 Å². The van der Waals surface area contributed by atoms with Crippen LogP contribution in [0.3, 0.4) is 0 Å². The summed E-state index contributed by atoms with van der Waals surface area (Å²) in [6.07, 6.45) is 0. The normalized spacial score (nSPS) is 11.3. The lowest BCUT2D eigenvalue weighted by atomic mass is 10.3. The summed E-state index contributed by atoms with van der Waals surface area (Å²) in [7, 11) is -4.03. The smallest absolute Gasteiger partial charge is 0.270 e. The summed E-state index contributed by atoms with van der Waals surface area (Å²) in [5, 5.41) is 10.5. The van der Waals surface area contributed by atoms with E-state index >= 15 is 0 Å². The van der Waals surface area contributed by atoms with Gasteiger partial charge in [-0.1, -0.05) is 11.6 Å². The minimum atomic E-state index is -4.03. The predicted octanol–water partition coefficient (Wildman–Crippen LogP) is 0.0284. The van der Waals surface area contributed by atoms with Gasteiger partial charge in [0, 0.05) is 18.7 Å². The lowest BCUT2D eigenvalue weighted by molar-refractivity contribution is -0.385. The maximum Gasteiger partial charge on any atom is 0.270 e. The number of sulfonamides is 1. The minimum Gasteiger partial charge on any atom is -0.370 e. The number of halogens is 1. The topological polar surface area (TPSA) is 142 Å². The van der Waals surface area contributed by atoms with Crippen molar-refractivity contribution >= 4 is 33.2 Å². The van der Waals surface area contributed by atoms with Gasteiger partial charge < -0.3 is 10.5 Å². The van der Waals surface area contributed by atoms with Gasteiger partial charge in [-0.05, 0) is 6.07 Å². The first kappa shape index (κ1) is 17.3. The third-order valence-electron chi connectivity index (χ3n) is 2.20. The summed E-state index contributed by atoms with van der Waals surface area (Å²) in [6, 6.07) is 3.07. The highest BCUT2D eigenvalue weighted by Gasteiger charge is 2.21. The van der Waals surface area contributed by atoms with E-state index in [9.17, 15) is 23.3 Å². The number of carbonyl (C=O) groups is 1. The van der Waals surface area contributed by atoms with Crippen molar-refractivity contribution in [2.24, 2.45) is 5.73 Å². The molecular weight excluding hydrogens is 326 g/mol. The summed E-state index contributed by atoms with van der Waals surface area (Å²) in [4.78, 5) is 19.9. The van der Waals surface area contributed by atoms with E-state index < -0.39 is 31.4 Å². The van der Waals surface area contributed by atoms with E-state index in [2.05, 4.69) is 4.72 Å². The zero-order valence-corrected chi connectivity index (χ0v) is 12.2. The molecule has 0 aliphatic rings. The first-order valence-electron chi connectivity index (χ1n) is 5.53. The Kier molecular flexibility index (Phi) is 6.03. The number of nitro groups is 1. The number of hydrogen-bond donors (Lipinski definition) is 2. The van der Waals surface area contributed by atoms with Crippen LogP contribution < -0.4 is 10.5 Å². The van der Waals surface area contributed by atoms with Crippen molar-refractivity contribution < 1.29 is 22.9 Å². The molecule has 21 heavy (non-hydrogen) atoms. The third-order valence-corrected chi connectivity index (χ3v) is 4.14. The molecule has 11 heteroatoms. The molecule has 3 N–H and O–H groups in total. The van der Waals surface area contributed by atoms with Crippen molar-refractivity contribution in [3.63, 3.8) is 0 Å². The number of primary amides is 1. The molecule has 0 saturated carbocycles. The molecule has 0 aliphatic carbocycles. The van der Waals surface area contributed by atoms with Gasteiger partial charge in [0.05, 0.1) is 16.6 Å². The number of nitrogens with one attached hydrogen (secondary N) is 1. The Bertz CT molecular complexity index is 648. The van der Waals surface area contributed by atoms with Gasteiger partial charge in [-0.25, -0.2) is 13.1 Å². The SMILES string of the molecule is NC(=O)COCCNS(=O)(=O)c1cc([N+](=O)[O-])ccc1Cl. The van der Waals surface area contributed by atoms with E-state index in [1.165, 1.54) is 0 Å². The summed E-state index contributed by atoms with van der Waals surface area (Å²) in [5.74, 6) is -0.681. The second-order valence-corrected chi connectivity index (χ2v) is 5.93. The van der Waals surface area contributed by atoms with Crippen LogP contribution >= 0.6 is 11.6 Å². The number of benzene rings is 1. The standard InChI is InChI=1S/C10H12ClN3O6S/c11-8-2-1-7(14(16)17)5-9(8)21(18,19)13-3-4-20-6-10(12)15/h1-2,5,13H,3-4,6H2,(H2,12,15). The van der Waals surface area contributed by atoms with Crippen LogP contribution in [0, 0.1) is 10.1 Å². The molecule has 1 amide bonds. The second kappa shape index (κ2) is 7.31. The van der Waals surface area contributed by atoms with Gasteiger partial charge in [0.15, 0.2) is 0 Å². The number of non-ortho nitro benzene ring substituents is 1. The van der Waals surface area contributed by atoms with Crippen molar-refractivity contribution in [3.8, 4) is 0 Å². The molecule has 1 aromatic rings. The number of nitrogens with two attached hydrogens (primary N) is 1. The largest absolute Gasteiger partial charge is 0.370 e. The van der Waals surface area contributed by atoms with Gasteiger partial charge in [0.25, 0.3) is 5.69 Å². The number of nitrogens with zero attached hydrogens (tertiary/aromatic N) is 1. The lowest BCUT2D eigenvalue weighted by Crippen LogP contribution is -2.29. The van der Waals surface area contributed by atoms with E-state index in [4.69, 9.17) is 22.1 Å². The van der Waals surface area contributed by atoms with Crippen LogP contribution in [0.2, 0.25) is 5.02 Å². The molecular formula is C10H12ClN3O6S. The van der Waals surface area contributed by atoms with Crippen molar-refractivity contribution in [2.75, 3.05) is 19.8 Å². The van der Waals surface area contributed by atoms with Crippen LogP contribution in [-0.2, 0) is 19.6 Å². The zero-order chi connectivity index (χ0) is 16.0. The maximum absolute atomic E-state index is 12.0. The van der Waals surface area contributed by atoms with Crippen LogP contribution in [0.1, 0.15) is 0 Å². The highest BCUT2D eigenvalue weighted by molar-refractivity contribution is 7.89. The lowest BCUT2D eigenvalue weighted by Gasteiger charge is -2.08. The van der Waals surface area contributed by atoms with Crippen LogP contribution in [0.15, 0.2) is 23.1 Å². The average Bonchev–Trinajstić information content (AvgIpc) is 2.37. The van der Waals surface area contributed by atoms with Crippen LogP contribution in [-0.4, -0.2) is 39.0 Å². The fourth-order valence-electron chi connectivity index (χ4n) is 1.31. The molecule has 1 rings (SSSR count). The number of amides is 1. The fourth-order valence-corrected chi connectivity index (χ4v) is 2.84. The molecule has 0 aromatic heterocycles.